The monoisotopic (exact) mass is 426 g/mol. The highest BCUT2D eigenvalue weighted by Crippen LogP contribution is 2.26. The van der Waals surface area contributed by atoms with E-state index in [1.165, 1.54) is 25.1 Å². The minimum Gasteiger partial charge on any atom is -0.497 e. The molecule has 2 aromatic carbocycles. The number of carbonyl (C=O) groups excluding carboxylic acids is 1. The number of carbonyl (C=O) groups is 1. The van der Waals surface area contributed by atoms with Gasteiger partial charge in [-0.15, -0.1) is 10.2 Å². The zero-order valence-electron chi connectivity index (χ0n) is 16.4. The minimum absolute atomic E-state index is 0.0790. The molecule has 0 saturated carbocycles. The van der Waals surface area contributed by atoms with Crippen molar-refractivity contribution in [1.82, 2.24) is 14.8 Å². The largest absolute Gasteiger partial charge is 0.497 e. The highest BCUT2D eigenvalue weighted by molar-refractivity contribution is 8.15. The molecule has 1 N–H and O–H groups in total. The van der Waals surface area contributed by atoms with E-state index in [4.69, 9.17) is 4.74 Å². The van der Waals surface area contributed by atoms with Crippen molar-refractivity contribution < 1.29 is 14.5 Å². The number of aromatic nitrogens is 3. The Labute approximate surface area is 176 Å². The number of nitro benzene ring substituents is 1. The highest BCUT2D eigenvalue weighted by atomic mass is 32.2. The van der Waals surface area contributed by atoms with Crippen LogP contribution >= 0.6 is 11.8 Å². The number of ether oxygens (including phenoxy) is 1. The average molecular weight is 426 g/mol. The number of nitrogens with one attached hydrogen (secondary N) is 1. The average Bonchev–Trinajstić information content (AvgIpc) is 3.11. The van der Waals surface area contributed by atoms with Crippen molar-refractivity contribution >= 4 is 34.0 Å². The van der Waals surface area contributed by atoms with E-state index >= 15 is 0 Å². The zero-order chi connectivity index (χ0) is 21.7. The third kappa shape index (κ3) is 4.81. The number of thioether (sulfide) groups is 1. The maximum Gasteiger partial charge on any atom is 0.271 e. The van der Waals surface area contributed by atoms with E-state index in [9.17, 15) is 14.9 Å². The van der Waals surface area contributed by atoms with Gasteiger partial charge in [-0.05, 0) is 42.1 Å². The summed E-state index contributed by atoms with van der Waals surface area (Å²) < 4.78 is 6.91. The number of hydrogen-bond donors (Lipinski definition) is 1. The predicted molar refractivity (Wildman–Crippen MR) is 114 cm³/mol. The van der Waals surface area contributed by atoms with E-state index in [-0.39, 0.29) is 16.5 Å². The molecule has 1 aromatic heterocycles. The first-order chi connectivity index (χ1) is 14.4. The number of anilines is 1. The summed E-state index contributed by atoms with van der Waals surface area (Å²) in [5.74, 6) is 1.07. The second kappa shape index (κ2) is 9.18. The summed E-state index contributed by atoms with van der Waals surface area (Å²) >= 11 is 1.05. The molecule has 0 bridgehead atoms. The maximum absolute atomic E-state index is 12.0. The van der Waals surface area contributed by atoms with Gasteiger partial charge in [0.1, 0.15) is 5.75 Å². The molecular weight excluding hydrogens is 408 g/mol. The molecule has 0 aliphatic heterocycles. The molecule has 0 unspecified atom stereocenters. The van der Waals surface area contributed by atoms with Crippen molar-refractivity contribution in [2.45, 2.75) is 12.1 Å². The number of nitrogens with zero attached hydrogens (tertiary/aromatic N) is 5. The van der Waals surface area contributed by atoms with Crippen LogP contribution in [0, 0.1) is 10.1 Å². The van der Waals surface area contributed by atoms with Crippen LogP contribution in [0.25, 0.3) is 11.4 Å². The van der Waals surface area contributed by atoms with Gasteiger partial charge in [0.25, 0.3) is 5.69 Å². The Morgan fingerprint density at radius 3 is 2.60 bits per heavy atom. The summed E-state index contributed by atoms with van der Waals surface area (Å²) in [6.45, 7) is 1.38. The van der Waals surface area contributed by atoms with Crippen molar-refractivity contribution in [3.8, 4) is 17.1 Å². The summed E-state index contributed by atoms with van der Waals surface area (Å²) in [5, 5.41) is 23.9. The maximum atomic E-state index is 12.0. The van der Waals surface area contributed by atoms with Crippen molar-refractivity contribution in [3.63, 3.8) is 0 Å². The van der Waals surface area contributed by atoms with Crippen LogP contribution in [0.15, 0.2) is 58.8 Å². The Balaban J connectivity index is 1.81. The van der Waals surface area contributed by atoms with Gasteiger partial charge in [-0.1, -0.05) is 6.07 Å². The standard InChI is InChI=1S/C19H18N6O4S/c1-12(26)18(22-20-14-5-4-6-15(11-14)25(27)28)30-19-23-21-17(24(19)2)13-7-9-16(29-3)10-8-13/h4-11,20H,1-3H3/b22-18-. The molecular formula is C19H18N6O4S. The summed E-state index contributed by atoms with van der Waals surface area (Å²) in [6.07, 6.45) is 0. The fourth-order valence-electron chi connectivity index (χ4n) is 2.46. The molecule has 0 radical (unpaired) electrons. The molecule has 1 heterocycles. The van der Waals surface area contributed by atoms with Gasteiger partial charge in [0.05, 0.1) is 17.7 Å². The normalized spacial score (nSPS) is 11.2. The smallest absolute Gasteiger partial charge is 0.271 e. The molecule has 0 atom stereocenters. The van der Waals surface area contributed by atoms with E-state index in [2.05, 4.69) is 20.7 Å². The van der Waals surface area contributed by atoms with Gasteiger partial charge in [0, 0.05) is 31.7 Å². The Hall–Kier alpha value is -3.73. The number of hydrogen-bond acceptors (Lipinski definition) is 9. The van der Waals surface area contributed by atoms with Crippen LogP contribution in [0.4, 0.5) is 11.4 Å². The third-order valence-electron chi connectivity index (χ3n) is 4.02. The molecule has 0 aliphatic rings. The van der Waals surface area contributed by atoms with E-state index < -0.39 is 4.92 Å². The number of ketones is 1. The fourth-order valence-corrected chi connectivity index (χ4v) is 3.17. The second-order valence-electron chi connectivity index (χ2n) is 6.09. The first kappa shape index (κ1) is 21.0. The highest BCUT2D eigenvalue weighted by Gasteiger charge is 2.17. The number of non-ortho nitro benzene ring substituents is 1. The van der Waals surface area contributed by atoms with Crippen LogP contribution in [0.2, 0.25) is 0 Å². The minimum atomic E-state index is -0.504. The lowest BCUT2D eigenvalue weighted by Crippen LogP contribution is -2.09. The molecule has 30 heavy (non-hydrogen) atoms. The topological polar surface area (TPSA) is 125 Å². The first-order valence-corrected chi connectivity index (χ1v) is 9.51. The molecule has 10 nitrogen and oxygen atoms in total. The fraction of sp³-hybridized carbons (Fsp3) is 0.158. The van der Waals surface area contributed by atoms with Gasteiger partial charge in [0.2, 0.25) is 0 Å². The molecule has 3 rings (SSSR count). The number of Topliss-reactive ketones (excluding diaryl/α,β-unsaturated/α-hetero) is 1. The van der Waals surface area contributed by atoms with Crippen molar-refractivity contribution in [2.75, 3.05) is 12.5 Å². The van der Waals surface area contributed by atoms with Gasteiger partial charge < -0.3 is 9.30 Å². The van der Waals surface area contributed by atoms with Crippen molar-refractivity contribution in [1.29, 1.82) is 0 Å². The summed E-state index contributed by atoms with van der Waals surface area (Å²) in [7, 11) is 3.38. The van der Waals surface area contributed by atoms with Crippen LogP contribution in [0.3, 0.4) is 0 Å². The summed E-state index contributed by atoms with van der Waals surface area (Å²) in [5.41, 5.74) is 3.83. The van der Waals surface area contributed by atoms with Crippen molar-refractivity contribution in [2.24, 2.45) is 12.1 Å². The second-order valence-corrected chi connectivity index (χ2v) is 7.04. The van der Waals surface area contributed by atoms with Gasteiger partial charge in [-0.2, -0.15) is 5.10 Å². The molecule has 11 heteroatoms. The van der Waals surface area contributed by atoms with Gasteiger partial charge in [-0.3, -0.25) is 20.3 Å². The number of methoxy groups -OCH3 is 1. The van der Waals surface area contributed by atoms with Crippen LogP contribution < -0.4 is 10.2 Å². The van der Waals surface area contributed by atoms with Crippen LogP contribution in [-0.4, -0.2) is 37.6 Å². The van der Waals surface area contributed by atoms with Gasteiger partial charge in [0.15, 0.2) is 21.8 Å². The quantitative estimate of drug-likeness (QED) is 0.200. The van der Waals surface area contributed by atoms with Crippen LogP contribution in [-0.2, 0) is 11.8 Å². The van der Waals surface area contributed by atoms with E-state index in [0.717, 1.165) is 23.1 Å². The Morgan fingerprint density at radius 1 is 1.23 bits per heavy atom. The van der Waals surface area contributed by atoms with Crippen LogP contribution in [0.1, 0.15) is 6.92 Å². The van der Waals surface area contributed by atoms with Crippen LogP contribution in [0.5, 0.6) is 5.75 Å². The first-order valence-electron chi connectivity index (χ1n) is 8.70. The van der Waals surface area contributed by atoms with Gasteiger partial charge in [-0.25, -0.2) is 0 Å². The Kier molecular flexibility index (Phi) is 6.42. The molecule has 0 spiro atoms. The number of nitro groups is 1. The van der Waals surface area contributed by atoms with Gasteiger partial charge >= 0.3 is 0 Å². The third-order valence-corrected chi connectivity index (χ3v) is 5.13. The predicted octanol–water partition coefficient (Wildman–Crippen LogP) is 3.51. The number of rotatable bonds is 7. The molecule has 0 amide bonds. The van der Waals surface area contributed by atoms with Crippen molar-refractivity contribution in [3.05, 3.63) is 58.6 Å². The SMILES string of the molecule is COc1ccc(-c2nnc(S/C(=N\Nc3cccc([N+](=O)[O-])c3)C(C)=O)n2C)cc1. The number of hydrazone groups is 1. The van der Waals surface area contributed by atoms with E-state index in [1.807, 2.05) is 24.3 Å². The zero-order valence-corrected chi connectivity index (χ0v) is 17.2. The van der Waals surface area contributed by atoms with E-state index in [0.29, 0.717) is 16.7 Å². The lowest BCUT2D eigenvalue weighted by molar-refractivity contribution is -0.384. The molecule has 0 saturated heterocycles. The summed E-state index contributed by atoms with van der Waals surface area (Å²) in [4.78, 5) is 22.4. The number of benzene rings is 2. The lowest BCUT2D eigenvalue weighted by Gasteiger charge is -2.06. The molecule has 0 aliphatic carbocycles. The molecule has 0 fully saturated rings. The van der Waals surface area contributed by atoms with E-state index in [1.54, 1.807) is 24.8 Å². The lowest BCUT2D eigenvalue weighted by atomic mass is 10.2. The summed E-state index contributed by atoms with van der Waals surface area (Å²) in [6, 6.07) is 13.2. The Bertz CT molecular complexity index is 1110. The Morgan fingerprint density at radius 2 is 1.97 bits per heavy atom. The molecule has 3 aromatic rings. The molecule has 154 valence electrons.